The van der Waals surface area contributed by atoms with Gasteiger partial charge >= 0.3 is 29.7 Å². The highest BCUT2D eigenvalue weighted by atomic mass is 16.6. The molecule has 0 aromatic carbocycles. The quantitative estimate of drug-likeness (QED) is 0.315. The van der Waals surface area contributed by atoms with Crippen molar-refractivity contribution in [2.45, 2.75) is 26.4 Å². The van der Waals surface area contributed by atoms with Gasteiger partial charge < -0.3 is 16.2 Å². The second-order valence-electron chi connectivity index (χ2n) is 4.42. The predicted molar refractivity (Wildman–Crippen MR) is 62.7 cm³/mol. The van der Waals surface area contributed by atoms with E-state index < -0.39 is 35.3 Å². The molecule has 0 bridgehead atoms. The highest BCUT2D eigenvalue weighted by Gasteiger charge is 2.31. The molecule has 0 aromatic heterocycles. The van der Waals surface area contributed by atoms with Crippen LogP contribution in [0.4, 0.5) is 4.79 Å². The first kappa shape index (κ1) is 17.3. The van der Waals surface area contributed by atoms with E-state index in [2.05, 4.69) is 5.73 Å². The topological polar surface area (TPSA) is 174 Å². The number of amides is 5. The van der Waals surface area contributed by atoms with Gasteiger partial charge in [-0.2, -0.15) is 0 Å². The number of ether oxygens (including phenoxy) is 1. The van der Waals surface area contributed by atoms with Crippen molar-refractivity contribution >= 4 is 29.7 Å². The maximum Gasteiger partial charge on any atom is 0.433 e. The van der Waals surface area contributed by atoms with E-state index in [1.54, 1.807) is 11.0 Å². The Hall–Kier alpha value is -2.69. The lowest BCUT2D eigenvalue weighted by Gasteiger charge is -2.25. The Morgan fingerprint density at radius 1 is 1.00 bits per heavy atom. The number of carbonyl (C=O) groups is 5. The minimum atomic E-state index is -1.51. The maximum absolute atomic E-state index is 11.6. The highest BCUT2D eigenvalue weighted by molar-refractivity contribution is 6.37. The van der Waals surface area contributed by atoms with E-state index in [0.29, 0.717) is 0 Å². The molecule has 0 aliphatic heterocycles. The SMILES string of the molecule is CC(C)(C)OC(=O)N(NNC(=O)C(N)=O)C(=O)C(N)=O. The summed E-state index contributed by atoms with van der Waals surface area (Å²) in [5.74, 6) is -5.73. The van der Waals surface area contributed by atoms with Gasteiger partial charge in [0.1, 0.15) is 5.60 Å². The second-order valence-corrected chi connectivity index (χ2v) is 4.42. The number of hydrogen-bond donors (Lipinski definition) is 4. The molecule has 11 heteroatoms. The minimum absolute atomic E-state index is 0.00553. The van der Waals surface area contributed by atoms with Crippen molar-refractivity contribution in [1.82, 2.24) is 16.0 Å². The molecule has 0 radical (unpaired) electrons. The monoisotopic (exact) mass is 289 g/mol. The summed E-state index contributed by atoms with van der Waals surface area (Å²) in [6, 6.07) is 0. The van der Waals surface area contributed by atoms with Crippen molar-refractivity contribution in [3.05, 3.63) is 0 Å². The molecule has 11 nitrogen and oxygen atoms in total. The molecule has 0 saturated carbocycles. The van der Waals surface area contributed by atoms with E-state index in [9.17, 15) is 24.0 Å². The van der Waals surface area contributed by atoms with E-state index in [0.717, 1.165) is 0 Å². The zero-order valence-corrected chi connectivity index (χ0v) is 11.1. The normalized spacial score (nSPS) is 10.3. The number of imide groups is 1. The van der Waals surface area contributed by atoms with Crippen LogP contribution in [0.15, 0.2) is 0 Å². The first-order chi connectivity index (χ1) is 8.95. The Labute approximate surface area is 113 Å². The van der Waals surface area contributed by atoms with Crippen LogP contribution in [0.1, 0.15) is 20.8 Å². The molecule has 0 heterocycles. The predicted octanol–water partition coefficient (Wildman–Crippen LogP) is -2.74. The smallest absolute Gasteiger partial charge is 0.433 e. The van der Waals surface area contributed by atoms with Gasteiger partial charge in [0.05, 0.1) is 0 Å². The van der Waals surface area contributed by atoms with Gasteiger partial charge in [0, 0.05) is 0 Å². The third-order valence-electron chi connectivity index (χ3n) is 1.49. The molecule has 0 aliphatic carbocycles. The van der Waals surface area contributed by atoms with Crippen LogP contribution in [0.25, 0.3) is 0 Å². The first-order valence-corrected chi connectivity index (χ1v) is 5.18. The first-order valence-electron chi connectivity index (χ1n) is 5.18. The van der Waals surface area contributed by atoms with Crippen LogP contribution in [0, 0.1) is 0 Å². The molecule has 0 fully saturated rings. The van der Waals surface area contributed by atoms with E-state index in [1.165, 1.54) is 20.8 Å². The molecular formula is C9H15N5O6. The average molecular weight is 289 g/mol. The fraction of sp³-hybridized carbons (Fsp3) is 0.444. The Balaban J connectivity index is 4.96. The van der Waals surface area contributed by atoms with Crippen molar-refractivity contribution in [2.24, 2.45) is 11.5 Å². The summed E-state index contributed by atoms with van der Waals surface area (Å²) in [7, 11) is 0. The van der Waals surface area contributed by atoms with Crippen LogP contribution in [-0.4, -0.2) is 40.3 Å². The van der Waals surface area contributed by atoms with Crippen LogP contribution in [-0.2, 0) is 23.9 Å². The number of nitrogens with one attached hydrogen (secondary N) is 2. The third kappa shape index (κ3) is 5.77. The Bertz CT molecular complexity index is 454. The summed E-state index contributed by atoms with van der Waals surface area (Å²) in [5.41, 5.74) is 11.7. The Kier molecular flexibility index (Phi) is 5.60. The second kappa shape index (κ2) is 6.47. The van der Waals surface area contributed by atoms with Crippen molar-refractivity contribution in [3.8, 4) is 0 Å². The van der Waals surface area contributed by atoms with Crippen molar-refractivity contribution < 1.29 is 28.7 Å². The summed E-state index contributed by atoms with van der Waals surface area (Å²) in [5, 5.41) is -0.00553. The van der Waals surface area contributed by atoms with Gasteiger partial charge in [-0.3, -0.25) is 24.6 Å². The van der Waals surface area contributed by atoms with Gasteiger partial charge in [0.15, 0.2) is 0 Å². The van der Waals surface area contributed by atoms with Gasteiger partial charge in [0.2, 0.25) is 0 Å². The van der Waals surface area contributed by atoms with Gasteiger partial charge in [0.25, 0.3) is 0 Å². The zero-order chi connectivity index (χ0) is 16.1. The fourth-order valence-electron chi connectivity index (χ4n) is 0.765. The standard InChI is InChI=1S/C9H15N5O6/c1-9(2,3)20-8(19)14(7(18)5(11)16)13-12-6(17)4(10)15/h13H,1-3H3,(H2,10,15)(H2,11,16)(H,12,17). The fourth-order valence-corrected chi connectivity index (χ4v) is 0.765. The van der Waals surface area contributed by atoms with Crippen molar-refractivity contribution in [1.29, 1.82) is 0 Å². The zero-order valence-electron chi connectivity index (χ0n) is 11.1. The van der Waals surface area contributed by atoms with E-state index in [-0.39, 0.29) is 5.01 Å². The van der Waals surface area contributed by atoms with E-state index in [4.69, 9.17) is 10.5 Å². The molecule has 5 amide bonds. The number of hydrogen-bond acceptors (Lipinski definition) is 7. The third-order valence-corrected chi connectivity index (χ3v) is 1.49. The molecule has 0 saturated heterocycles. The van der Waals surface area contributed by atoms with Crippen molar-refractivity contribution in [3.63, 3.8) is 0 Å². The molecule has 6 N–H and O–H groups in total. The number of rotatable bonds is 2. The van der Waals surface area contributed by atoms with Crippen molar-refractivity contribution in [2.75, 3.05) is 0 Å². The van der Waals surface area contributed by atoms with E-state index >= 15 is 0 Å². The molecule has 0 atom stereocenters. The lowest BCUT2D eigenvalue weighted by Crippen LogP contribution is -2.60. The number of nitrogens with two attached hydrogens (primary N) is 2. The van der Waals surface area contributed by atoms with Crippen LogP contribution in [0.5, 0.6) is 0 Å². The number of hydrazine groups is 2. The summed E-state index contributed by atoms with van der Waals surface area (Å²) in [6.45, 7) is 4.50. The van der Waals surface area contributed by atoms with E-state index in [1.807, 2.05) is 0 Å². The molecule has 112 valence electrons. The van der Waals surface area contributed by atoms with Gasteiger partial charge in [-0.05, 0) is 20.8 Å². The molecule has 0 spiro atoms. The van der Waals surface area contributed by atoms with Crippen LogP contribution < -0.4 is 22.4 Å². The minimum Gasteiger partial charge on any atom is -0.442 e. The van der Waals surface area contributed by atoms with Crippen LogP contribution >= 0.6 is 0 Å². The van der Waals surface area contributed by atoms with Gasteiger partial charge in [-0.15, -0.1) is 10.5 Å². The van der Waals surface area contributed by atoms with Gasteiger partial charge in [-0.25, -0.2) is 4.79 Å². The molecule has 0 aromatic rings. The Morgan fingerprint density at radius 3 is 1.85 bits per heavy atom. The summed E-state index contributed by atoms with van der Waals surface area (Å²) < 4.78 is 4.79. The summed E-state index contributed by atoms with van der Waals surface area (Å²) >= 11 is 0. The molecular weight excluding hydrogens is 274 g/mol. The van der Waals surface area contributed by atoms with Crippen LogP contribution in [0.3, 0.4) is 0 Å². The highest BCUT2D eigenvalue weighted by Crippen LogP contribution is 2.08. The lowest BCUT2D eigenvalue weighted by atomic mass is 10.2. The van der Waals surface area contributed by atoms with Crippen LogP contribution in [0.2, 0.25) is 0 Å². The van der Waals surface area contributed by atoms with Gasteiger partial charge in [-0.1, -0.05) is 0 Å². The molecule has 20 heavy (non-hydrogen) atoms. The largest absolute Gasteiger partial charge is 0.442 e. The molecule has 0 aliphatic rings. The maximum atomic E-state index is 11.6. The average Bonchev–Trinajstić information content (AvgIpc) is 2.25. The number of nitrogens with zero attached hydrogens (tertiary/aromatic N) is 1. The lowest BCUT2D eigenvalue weighted by molar-refractivity contribution is -0.148. The number of primary amides is 2. The molecule has 0 rings (SSSR count). The summed E-state index contributed by atoms with van der Waals surface area (Å²) in [4.78, 5) is 55.1. The molecule has 0 unspecified atom stereocenters. The number of carbonyl (C=O) groups excluding carboxylic acids is 5. The Morgan fingerprint density at radius 2 is 1.50 bits per heavy atom. The summed E-state index contributed by atoms with van der Waals surface area (Å²) in [6.07, 6.45) is -1.31.